The first-order chi connectivity index (χ1) is 9.28. The fourth-order valence-corrected chi connectivity index (χ4v) is 3.56. The van der Waals surface area contributed by atoms with Crippen LogP contribution in [0.2, 0.25) is 30.8 Å². The number of hydrogen-bond donors (Lipinski definition) is 1. The second-order valence-electron chi connectivity index (χ2n) is 5.71. The molecule has 0 spiro atoms. The molecule has 0 saturated heterocycles. The van der Waals surface area contributed by atoms with Crippen LogP contribution in [0.3, 0.4) is 0 Å². The highest BCUT2D eigenvalue weighted by atomic mass is 127. The fraction of sp³-hybridized carbons (Fsp3) is 0.545. The second kappa shape index (κ2) is 6.12. The minimum Gasteiger partial charge on any atom is -0.368 e. The Hall–Kier alpha value is -0.453. The van der Waals surface area contributed by atoms with Gasteiger partial charge in [0.1, 0.15) is 15.6 Å². The molecule has 0 saturated carbocycles. The molecular formula is C11H17ClIN5OSi. The Morgan fingerprint density at radius 2 is 2.05 bits per heavy atom. The lowest BCUT2D eigenvalue weighted by Crippen LogP contribution is -2.22. The van der Waals surface area contributed by atoms with E-state index in [9.17, 15) is 0 Å². The lowest BCUT2D eigenvalue weighted by Gasteiger charge is -2.15. The van der Waals surface area contributed by atoms with Gasteiger partial charge in [-0.25, -0.2) is 9.67 Å². The third-order valence-electron chi connectivity index (χ3n) is 2.73. The summed E-state index contributed by atoms with van der Waals surface area (Å²) in [5, 5.41) is 5.42. The topological polar surface area (TPSA) is 78.8 Å². The highest BCUT2D eigenvalue weighted by Gasteiger charge is 2.16. The van der Waals surface area contributed by atoms with Gasteiger partial charge in [0, 0.05) is 14.7 Å². The minimum absolute atomic E-state index is 0.141. The van der Waals surface area contributed by atoms with Gasteiger partial charge in [0.2, 0.25) is 5.95 Å². The molecule has 0 atom stereocenters. The molecule has 110 valence electrons. The quantitative estimate of drug-likeness (QED) is 0.345. The molecule has 2 aromatic rings. The molecule has 0 aliphatic rings. The number of nitrogens with two attached hydrogens (primary N) is 1. The van der Waals surface area contributed by atoms with Crippen LogP contribution in [0.5, 0.6) is 0 Å². The van der Waals surface area contributed by atoms with Crippen molar-refractivity contribution in [2.45, 2.75) is 32.4 Å². The molecule has 2 rings (SSSR count). The van der Waals surface area contributed by atoms with Gasteiger partial charge in [-0.2, -0.15) is 10.1 Å². The Bertz CT molecular complexity index is 627. The van der Waals surface area contributed by atoms with E-state index in [0.717, 1.165) is 21.7 Å². The molecule has 2 aromatic heterocycles. The van der Waals surface area contributed by atoms with Gasteiger partial charge in [-0.1, -0.05) is 31.2 Å². The smallest absolute Gasteiger partial charge is 0.223 e. The van der Waals surface area contributed by atoms with E-state index in [1.54, 1.807) is 4.68 Å². The van der Waals surface area contributed by atoms with Gasteiger partial charge in [-0.15, -0.1) is 0 Å². The first kappa shape index (κ1) is 15.9. The van der Waals surface area contributed by atoms with Crippen LogP contribution >= 0.6 is 34.2 Å². The minimum atomic E-state index is -1.08. The van der Waals surface area contributed by atoms with E-state index in [2.05, 4.69) is 57.3 Å². The van der Waals surface area contributed by atoms with Crippen molar-refractivity contribution in [2.24, 2.45) is 0 Å². The number of nitrogen functional groups attached to an aromatic ring is 1. The van der Waals surface area contributed by atoms with Crippen molar-refractivity contribution in [3.63, 3.8) is 0 Å². The number of hydrogen-bond acceptors (Lipinski definition) is 5. The number of nitrogens with zero attached hydrogens (tertiary/aromatic N) is 4. The number of rotatable bonds is 5. The van der Waals surface area contributed by atoms with Gasteiger partial charge in [0.15, 0.2) is 5.65 Å². The van der Waals surface area contributed by atoms with E-state index in [1.165, 1.54) is 0 Å². The van der Waals surface area contributed by atoms with E-state index >= 15 is 0 Å². The van der Waals surface area contributed by atoms with Crippen molar-refractivity contribution in [3.8, 4) is 0 Å². The van der Waals surface area contributed by atoms with Crippen LogP contribution in [-0.4, -0.2) is 34.4 Å². The van der Waals surface area contributed by atoms with Crippen LogP contribution in [0.15, 0.2) is 0 Å². The molecule has 0 bridgehead atoms. The zero-order valence-electron chi connectivity index (χ0n) is 11.7. The Balaban J connectivity index is 2.15. The summed E-state index contributed by atoms with van der Waals surface area (Å²) in [6.07, 6.45) is 0. The van der Waals surface area contributed by atoms with Gasteiger partial charge in [0.05, 0.1) is 5.39 Å². The summed E-state index contributed by atoms with van der Waals surface area (Å²) in [4.78, 5) is 8.13. The largest absolute Gasteiger partial charge is 0.368 e. The monoisotopic (exact) mass is 425 g/mol. The molecular weight excluding hydrogens is 409 g/mol. The third-order valence-corrected chi connectivity index (χ3v) is 5.47. The first-order valence-corrected chi connectivity index (χ1v) is 11.4. The maximum atomic E-state index is 6.08. The number of halogens is 2. The molecule has 9 heteroatoms. The van der Waals surface area contributed by atoms with Crippen molar-refractivity contribution >= 4 is 59.2 Å². The van der Waals surface area contributed by atoms with Crippen molar-refractivity contribution in [1.82, 2.24) is 19.7 Å². The molecule has 0 fully saturated rings. The number of ether oxygens (including phenoxy) is 1. The predicted octanol–water partition coefficient (Wildman–Crippen LogP) is 2.98. The fourth-order valence-electron chi connectivity index (χ4n) is 1.63. The van der Waals surface area contributed by atoms with E-state index in [-0.39, 0.29) is 5.95 Å². The Kier molecular flexibility index (Phi) is 4.87. The molecule has 0 amide bonds. The molecule has 0 aromatic carbocycles. The second-order valence-corrected chi connectivity index (χ2v) is 12.7. The Morgan fingerprint density at radius 3 is 2.70 bits per heavy atom. The Morgan fingerprint density at radius 1 is 1.35 bits per heavy atom. The summed E-state index contributed by atoms with van der Waals surface area (Å²) in [7, 11) is -1.08. The van der Waals surface area contributed by atoms with Gasteiger partial charge >= 0.3 is 0 Å². The highest BCUT2D eigenvalue weighted by molar-refractivity contribution is 14.1. The molecule has 0 radical (unpaired) electrons. The van der Waals surface area contributed by atoms with Crippen molar-refractivity contribution < 1.29 is 4.74 Å². The first-order valence-electron chi connectivity index (χ1n) is 6.21. The molecule has 0 unspecified atom stereocenters. The molecule has 20 heavy (non-hydrogen) atoms. The summed E-state index contributed by atoms with van der Waals surface area (Å²) in [6, 6.07) is 1.11. The van der Waals surface area contributed by atoms with E-state index in [4.69, 9.17) is 22.1 Å². The van der Waals surface area contributed by atoms with Crippen LogP contribution in [0, 0.1) is 3.70 Å². The van der Waals surface area contributed by atoms with E-state index < -0.39 is 8.07 Å². The van der Waals surface area contributed by atoms with Gasteiger partial charge < -0.3 is 10.5 Å². The normalized spacial score (nSPS) is 12.2. The zero-order valence-corrected chi connectivity index (χ0v) is 15.6. The van der Waals surface area contributed by atoms with Crippen LogP contribution in [-0.2, 0) is 11.5 Å². The van der Waals surface area contributed by atoms with Crippen molar-refractivity contribution in [1.29, 1.82) is 0 Å². The summed E-state index contributed by atoms with van der Waals surface area (Å²) in [5.41, 5.74) is 6.24. The highest BCUT2D eigenvalue weighted by Crippen LogP contribution is 2.25. The number of fused-ring (bicyclic) bond motifs is 1. The SMILES string of the molecule is C[Si](C)(C)CCOCn1nc(I)c2c(Cl)nc(N)nc21. The number of aromatic nitrogens is 4. The maximum absolute atomic E-state index is 6.08. The van der Waals surface area contributed by atoms with Gasteiger partial charge in [0.25, 0.3) is 0 Å². The van der Waals surface area contributed by atoms with Crippen molar-refractivity contribution in [3.05, 3.63) is 8.85 Å². The number of anilines is 1. The molecule has 0 aliphatic carbocycles. The van der Waals surface area contributed by atoms with Crippen LogP contribution < -0.4 is 5.73 Å². The summed E-state index contributed by atoms with van der Waals surface area (Å²) >= 11 is 8.18. The standard InChI is InChI=1S/C11H17ClIN5OSi/c1-20(2,3)5-4-19-6-18-10-7(9(13)17-18)8(12)15-11(14)16-10/h4-6H2,1-3H3,(H2,14,15,16). The summed E-state index contributed by atoms with van der Waals surface area (Å²) in [5.74, 6) is 0.141. The Labute approximate surface area is 137 Å². The lowest BCUT2D eigenvalue weighted by atomic mass is 10.4. The zero-order chi connectivity index (χ0) is 14.9. The summed E-state index contributed by atoms with van der Waals surface area (Å²) in [6.45, 7) is 8.02. The molecule has 0 aliphatic heterocycles. The predicted molar refractivity (Wildman–Crippen MR) is 91.6 cm³/mol. The molecule has 6 nitrogen and oxygen atoms in total. The third kappa shape index (κ3) is 3.80. The lowest BCUT2D eigenvalue weighted by molar-refractivity contribution is 0.0810. The molecule has 2 heterocycles. The molecule has 2 N–H and O–H groups in total. The van der Waals surface area contributed by atoms with Crippen LogP contribution in [0.25, 0.3) is 11.0 Å². The van der Waals surface area contributed by atoms with Crippen LogP contribution in [0.1, 0.15) is 0 Å². The maximum Gasteiger partial charge on any atom is 0.223 e. The van der Waals surface area contributed by atoms with Crippen molar-refractivity contribution in [2.75, 3.05) is 12.3 Å². The average molecular weight is 426 g/mol. The summed E-state index contributed by atoms with van der Waals surface area (Å²) < 4.78 is 8.10. The van der Waals surface area contributed by atoms with E-state index in [1.807, 2.05) is 0 Å². The average Bonchev–Trinajstić information content (AvgIpc) is 2.60. The van der Waals surface area contributed by atoms with E-state index in [0.29, 0.717) is 17.5 Å². The van der Waals surface area contributed by atoms with Gasteiger partial charge in [-0.3, -0.25) is 0 Å². The van der Waals surface area contributed by atoms with Gasteiger partial charge in [-0.05, 0) is 28.6 Å². The van der Waals surface area contributed by atoms with Crippen LogP contribution in [0.4, 0.5) is 5.95 Å².